The minimum absolute atomic E-state index is 0.0924. The van der Waals surface area contributed by atoms with Crippen molar-refractivity contribution < 1.29 is 23.8 Å². The Morgan fingerprint density at radius 1 is 1.04 bits per heavy atom. The van der Waals surface area contributed by atoms with Crippen LogP contribution in [0.3, 0.4) is 0 Å². The highest BCUT2D eigenvalue weighted by atomic mass is 16.5. The normalized spacial score (nSPS) is 10.0. The van der Waals surface area contributed by atoms with Gasteiger partial charge in [0.15, 0.2) is 0 Å². The molecular weight excluding hydrogens is 324 g/mol. The molecule has 0 aliphatic heterocycles. The van der Waals surface area contributed by atoms with Crippen molar-refractivity contribution in [2.75, 3.05) is 31.5 Å². The van der Waals surface area contributed by atoms with Crippen molar-refractivity contribution in [3.05, 3.63) is 42.5 Å². The Morgan fingerprint density at radius 3 is 2.24 bits per heavy atom. The zero-order chi connectivity index (χ0) is 18.4. The number of ether oxygens (including phenoxy) is 3. The average molecular weight is 344 g/mol. The number of benzene rings is 2. The summed E-state index contributed by atoms with van der Waals surface area (Å²) in [7, 11) is 2.93. The number of hydrogen-bond donors (Lipinski definition) is 1. The van der Waals surface area contributed by atoms with Gasteiger partial charge in [0, 0.05) is 11.8 Å². The third-order valence-electron chi connectivity index (χ3n) is 3.44. The number of anilines is 3. The molecule has 0 aromatic heterocycles. The van der Waals surface area contributed by atoms with Crippen LogP contribution < -0.4 is 20.1 Å². The second kappa shape index (κ2) is 8.05. The number of carbonyl (C=O) groups is 2. The molecule has 0 radical (unpaired) electrons. The summed E-state index contributed by atoms with van der Waals surface area (Å²) >= 11 is 0. The second-order valence-electron chi connectivity index (χ2n) is 4.96. The standard InChI is InChI=1S/C18H20N2O5/c1-4-25-18(22)17(21)20(12-8-6-5-7-9-12)14-10-13(19)15(23-2)11-16(14)24-3/h5-11H,4,19H2,1-3H3. The molecule has 0 fully saturated rings. The van der Waals surface area contributed by atoms with Crippen molar-refractivity contribution in [1.82, 2.24) is 0 Å². The number of amides is 1. The molecule has 0 aliphatic carbocycles. The van der Waals surface area contributed by atoms with Gasteiger partial charge in [-0.15, -0.1) is 0 Å². The molecule has 2 aromatic carbocycles. The summed E-state index contributed by atoms with van der Waals surface area (Å²) in [4.78, 5) is 25.9. The predicted molar refractivity (Wildman–Crippen MR) is 94.2 cm³/mol. The smallest absolute Gasteiger partial charge is 0.397 e. The van der Waals surface area contributed by atoms with Crippen LogP contribution in [-0.2, 0) is 14.3 Å². The Labute approximate surface area is 145 Å². The molecular formula is C18H20N2O5. The van der Waals surface area contributed by atoms with Crippen LogP contribution in [0.2, 0.25) is 0 Å². The quantitative estimate of drug-likeness (QED) is 0.509. The zero-order valence-electron chi connectivity index (χ0n) is 14.3. The minimum Gasteiger partial charge on any atom is -0.494 e. The molecule has 2 N–H and O–H groups in total. The lowest BCUT2D eigenvalue weighted by molar-refractivity contribution is -0.152. The first-order chi connectivity index (χ1) is 12.0. The largest absolute Gasteiger partial charge is 0.494 e. The summed E-state index contributed by atoms with van der Waals surface area (Å²) in [5.41, 5.74) is 7.06. The lowest BCUT2D eigenvalue weighted by Gasteiger charge is -2.24. The number of hydrogen-bond acceptors (Lipinski definition) is 6. The van der Waals surface area contributed by atoms with E-state index in [9.17, 15) is 9.59 Å². The molecule has 0 saturated heterocycles. The lowest BCUT2D eigenvalue weighted by Crippen LogP contribution is -2.34. The van der Waals surface area contributed by atoms with Crippen LogP contribution in [0.15, 0.2) is 42.5 Å². The SMILES string of the molecule is CCOC(=O)C(=O)N(c1ccccc1)c1cc(N)c(OC)cc1OC. The van der Waals surface area contributed by atoms with Gasteiger partial charge in [0.25, 0.3) is 0 Å². The van der Waals surface area contributed by atoms with Gasteiger partial charge in [-0.05, 0) is 25.1 Å². The van der Waals surface area contributed by atoms with Crippen LogP contribution in [0.25, 0.3) is 0 Å². The fraction of sp³-hybridized carbons (Fsp3) is 0.222. The summed E-state index contributed by atoms with van der Waals surface area (Å²) in [6, 6.07) is 11.8. The number of nitrogen functional groups attached to an aromatic ring is 1. The van der Waals surface area contributed by atoms with Gasteiger partial charge in [0.05, 0.1) is 32.2 Å². The van der Waals surface area contributed by atoms with E-state index in [1.165, 1.54) is 25.2 Å². The van der Waals surface area contributed by atoms with Crippen LogP contribution in [0, 0.1) is 0 Å². The van der Waals surface area contributed by atoms with Crippen molar-refractivity contribution in [3.63, 3.8) is 0 Å². The fourth-order valence-electron chi connectivity index (χ4n) is 2.31. The van der Waals surface area contributed by atoms with Gasteiger partial charge >= 0.3 is 11.9 Å². The third kappa shape index (κ3) is 3.82. The number of para-hydroxylation sites is 1. The summed E-state index contributed by atoms with van der Waals surface area (Å²) in [6.07, 6.45) is 0. The van der Waals surface area contributed by atoms with E-state index in [-0.39, 0.29) is 6.61 Å². The summed E-state index contributed by atoms with van der Waals surface area (Å²) < 4.78 is 15.4. The highest BCUT2D eigenvalue weighted by molar-refractivity contribution is 6.40. The maximum Gasteiger partial charge on any atom is 0.397 e. The molecule has 132 valence electrons. The van der Waals surface area contributed by atoms with Gasteiger partial charge in [0.2, 0.25) is 0 Å². The van der Waals surface area contributed by atoms with Gasteiger partial charge in [-0.25, -0.2) is 4.79 Å². The van der Waals surface area contributed by atoms with Crippen molar-refractivity contribution in [1.29, 1.82) is 0 Å². The van der Waals surface area contributed by atoms with E-state index in [2.05, 4.69) is 0 Å². The summed E-state index contributed by atoms with van der Waals surface area (Å²) in [5, 5.41) is 0. The number of nitrogens with zero attached hydrogens (tertiary/aromatic N) is 1. The molecule has 7 heteroatoms. The summed E-state index contributed by atoms with van der Waals surface area (Å²) in [6.45, 7) is 1.72. The van der Waals surface area contributed by atoms with Gasteiger partial charge in [0.1, 0.15) is 11.5 Å². The Bertz CT molecular complexity index is 762. The van der Waals surface area contributed by atoms with E-state index in [1.807, 2.05) is 0 Å². The molecule has 25 heavy (non-hydrogen) atoms. The van der Waals surface area contributed by atoms with Crippen LogP contribution in [0.5, 0.6) is 11.5 Å². The van der Waals surface area contributed by atoms with E-state index in [0.717, 1.165) is 0 Å². The highest BCUT2D eigenvalue weighted by Gasteiger charge is 2.29. The first-order valence-electron chi connectivity index (χ1n) is 7.61. The Hall–Kier alpha value is -3.22. The zero-order valence-corrected chi connectivity index (χ0v) is 14.3. The molecule has 0 heterocycles. The average Bonchev–Trinajstić information content (AvgIpc) is 2.63. The monoisotopic (exact) mass is 344 g/mol. The van der Waals surface area contributed by atoms with Gasteiger partial charge in [-0.3, -0.25) is 9.69 Å². The molecule has 0 saturated carbocycles. The fourth-order valence-corrected chi connectivity index (χ4v) is 2.31. The van der Waals surface area contributed by atoms with Gasteiger partial charge in [-0.2, -0.15) is 0 Å². The summed E-state index contributed by atoms with van der Waals surface area (Å²) in [5.74, 6) is -1.09. The first-order valence-corrected chi connectivity index (χ1v) is 7.61. The van der Waals surface area contributed by atoms with Crippen molar-refractivity contribution in [2.45, 2.75) is 6.92 Å². The minimum atomic E-state index is -0.970. The van der Waals surface area contributed by atoms with E-state index >= 15 is 0 Å². The van der Waals surface area contributed by atoms with E-state index in [0.29, 0.717) is 28.6 Å². The van der Waals surface area contributed by atoms with Crippen LogP contribution in [0.1, 0.15) is 6.92 Å². The number of methoxy groups -OCH3 is 2. The highest BCUT2D eigenvalue weighted by Crippen LogP contribution is 2.40. The molecule has 0 atom stereocenters. The Kier molecular flexibility index (Phi) is 5.84. The lowest BCUT2D eigenvalue weighted by atomic mass is 10.2. The number of rotatable bonds is 5. The topological polar surface area (TPSA) is 91.1 Å². The maximum absolute atomic E-state index is 12.7. The van der Waals surface area contributed by atoms with Crippen molar-refractivity contribution in [3.8, 4) is 11.5 Å². The maximum atomic E-state index is 12.7. The van der Waals surface area contributed by atoms with E-state index < -0.39 is 11.9 Å². The van der Waals surface area contributed by atoms with E-state index in [4.69, 9.17) is 19.9 Å². The molecule has 7 nitrogen and oxygen atoms in total. The molecule has 0 spiro atoms. The molecule has 0 aliphatic rings. The number of esters is 1. The Balaban J connectivity index is 2.62. The van der Waals surface area contributed by atoms with E-state index in [1.54, 1.807) is 43.3 Å². The van der Waals surface area contributed by atoms with Crippen LogP contribution >= 0.6 is 0 Å². The molecule has 2 rings (SSSR count). The van der Waals surface area contributed by atoms with Crippen LogP contribution in [-0.4, -0.2) is 32.7 Å². The van der Waals surface area contributed by atoms with Crippen molar-refractivity contribution in [2.24, 2.45) is 0 Å². The number of nitrogens with two attached hydrogens (primary N) is 1. The van der Waals surface area contributed by atoms with Crippen molar-refractivity contribution >= 4 is 28.9 Å². The Morgan fingerprint density at radius 2 is 1.68 bits per heavy atom. The first kappa shape index (κ1) is 18.1. The molecule has 0 unspecified atom stereocenters. The van der Waals surface area contributed by atoms with Gasteiger partial charge in [-0.1, -0.05) is 18.2 Å². The van der Waals surface area contributed by atoms with Crippen LogP contribution in [0.4, 0.5) is 17.1 Å². The predicted octanol–water partition coefficient (Wildman–Crippen LogP) is 2.51. The molecule has 2 aromatic rings. The second-order valence-corrected chi connectivity index (χ2v) is 4.96. The molecule has 0 bridgehead atoms. The van der Waals surface area contributed by atoms with Gasteiger partial charge < -0.3 is 19.9 Å². The number of carbonyl (C=O) groups excluding carboxylic acids is 2. The molecule has 1 amide bonds. The third-order valence-corrected chi connectivity index (χ3v) is 3.44.